The lowest BCUT2D eigenvalue weighted by atomic mass is 10.00. The first-order chi connectivity index (χ1) is 22.1. The summed E-state index contributed by atoms with van der Waals surface area (Å²) in [6.07, 6.45) is 0.203. The molecule has 1 fully saturated rings. The lowest BCUT2D eigenvalue weighted by Gasteiger charge is -2.50. The lowest BCUT2D eigenvalue weighted by Crippen LogP contribution is -2.71. The highest BCUT2D eigenvalue weighted by atomic mass is 32.2. The highest BCUT2D eigenvalue weighted by Crippen LogP contribution is 2.42. The third kappa shape index (κ3) is 7.65. The van der Waals surface area contributed by atoms with Crippen LogP contribution in [-0.4, -0.2) is 67.8 Å². The average Bonchev–Trinajstić information content (AvgIpc) is 3.58. The Balaban J connectivity index is 1.32. The molecule has 1 aromatic heterocycles. The fourth-order valence-corrected chi connectivity index (χ4v) is 7.28. The van der Waals surface area contributed by atoms with E-state index in [1.807, 2.05) is 67.6 Å². The first kappa shape index (κ1) is 33.3. The third-order valence-corrected chi connectivity index (χ3v) is 9.25. The molecular formula is C33H34N4O6S3. The third-order valence-electron chi connectivity index (χ3n) is 7.03. The van der Waals surface area contributed by atoms with Gasteiger partial charge < -0.3 is 19.6 Å². The quantitative estimate of drug-likeness (QED) is 0.0935. The molecule has 13 heteroatoms. The minimum absolute atomic E-state index is 0.158. The van der Waals surface area contributed by atoms with Crippen LogP contribution in [-0.2, 0) is 28.7 Å². The van der Waals surface area contributed by atoms with Crippen molar-refractivity contribution in [2.24, 2.45) is 5.16 Å². The van der Waals surface area contributed by atoms with Crippen molar-refractivity contribution in [3.05, 3.63) is 99.6 Å². The number of fused-ring (bicyclic) bond motifs is 1. The lowest BCUT2D eigenvalue weighted by molar-refractivity contribution is -0.160. The Labute approximate surface area is 281 Å². The minimum atomic E-state index is -0.845. The van der Waals surface area contributed by atoms with Crippen LogP contribution in [0.1, 0.15) is 57.0 Å². The number of thioether (sulfide) groups is 1. The van der Waals surface area contributed by atoms with Gasteiger partial charge in [-0.15, -0.1) is 23.1 Å². The van der Waals surface area contributed by atoms with Crippen molar-refractivity contribution in [3.63, 3.8) is 0 Å². The fourth-order valence-electron chi connectivity index (χ4n) is 4.95. The molecule has 0 spiro atoms. The van der Waals surface area contributed by atoms with Crippen LogP contribution in [0.25, 0.3) is 0 Å². The van der Waals surface area contributed by atoms with Crippen LogP contribution in [0.3, 0.4) is 0 Å². The van der Waals surface area contributed by atoms with E-state index in [-0.39, 0.29) is 22.4 Å². The van der Waals surface area contributed by atoms with Gasteiger partial charge in [0, 0.05) is 11.1 Å². The van der Waals surface area contributed by atoms with Gasteiger partial charge in [-0.3, -0.25) is 14.5 Å². The number of oxime groups is 1. The Morgan fingerprint density at radius 2 is 1.76 bits per heavy atom. The summed E-state index contributed by atoms with van der Waals surface area (Å²) in [6.45, 7) is 6.72. The van der Waals surface area contributed by atoms with E-state index < -0.39 is 41.6 Å². The van der Waals surface area contributed by atoms with Gasteiger partial charge in [0.2, 0.25) is 11.7 Å². The molecule has 46 heavy (non-hydrogen) atoms. The smallest absolute Gasteiger partial charge is 0.347 e. The molecule has 5 rings (SSSR count). The Kier molecular flexibility index (Phi) is 10.5. The second-order valence-corrected chi connectivity index (χ2v) is 13.6. The normalized spacial score (nSPS) is 18.1. The number of hydrogen-bond donors (Lipinski definition) is 1. The number of thiocarbonyl (C=S) groups is 1. The summed E-state index contributed by atoms with van der Waals surface area (Å²) in [6, 6.07) is 18.7. The van der Waals surface area contributed by atoms with Crippen LogP contribution in [0.4, 0.5) is 0 Å². The van der Waals surface area contributed by atoms with Crippen molar-refractivity contribution in [2.75, 3.05) is 12.4 Å². The standard InChI is InChI=1S/C33H34N4O6S3/c1-5-20-17-46-31-26(35-29(39)25(23-18-45-19-34-23)36-41-16-24(38)43-33(2,3)4)30(40)37(31)27(20)32(44)42-28(21-12-8-6-9-13-21)22-14-10-7-11-15-22/h6-15,18-19,26,28,31H,5,16-17H2,1-4H3,(H,35,39)/t26?,31-/m1/s1. The molecule has 0 bridgehead atoms. The van der Waals surface area contributed by atoms with E-state index >= 15 is 0 Å². The van der Waals surface area contributed by atoms with Gasteiger partial charge in [-0.1, -0.05) is 72.7 Å². The number of carbonyl (C=O) groups is 3. The Hall–Kier alpha value is -4.07. The molecule has 10 nitrogen and oxygen atoms in total. The first-order valence-corrected chi connectivity index (χ1v) is 17.1. The molecule has 2 aromatic carbocycles. The zero-order valence-electron chi connectivity index (χ0n) is 25.8. The highest BCUT2D eigenvalue weighted by molar-refractivity contribution is 8.00. The fraction of sp³-hybridized carbons (Fsp3) is 0.333. The van der Waals surface area contributed by atoms with Gasteiger partial charge in [0.05, 0.1) is 11.2 Å². The second-order valence-electron chi connectivity index (χ2n) is 11.4. The van der Waals surface area contributed by atoms with Gasteiger partial charge in [0.15, 0.2) is 5.71 Å². The van der Waals surface area contributed by atoms with E-state index in [4.69, 9.17) is 26.5 Å². The molecular weight excluding hydrogens is 645 g/mol. The Morgan fingerprint density at radius 3 is 2.33 bits per heavy atom. The molecule has 3 heterocycles. The Morgan fingerprint density at radius 1 is 1.11 bits per heavy atom. The van der Waals surface area contributed by atoms with Gasteiger partial charge >= 0.3 is 5.97 Å². The van der Waals surface area contributed by atoms with Crippen LogP contribution < -0.4 is 5.32 Å². The van der Waals surface area contributed by atoms with Crippen LogP contribution in [0.15, 0.2) is 88.0 Å². The van der Waals surface area contributed by atoms with E-state index in [9.17, 15) is 14.4 Å². The number of hydrogen-bond acceptors (Lipinski definition) is 11. The zero-order chi connectivity index (χ0) is 32.8. The van der Waals surface area contributed by atoms with E-state index in [0.29, 0.717) is 17.9 Å². The van der Waals surface area contributed by atoms with Crippen molar-refractivity contribution in [3.8, 4) is 0 Å². The summed E-state index contributed by atoms with van der Waals surface area (Å²) in [5.41, 5.74) is 4.36. The average molecular weight is 679 g/mol. The summed E-state index contributed by atoms with van der Waals surface area (Å²) in [4.78, 5) is 50.2. The zero-order valence-corrected chi connectivity index (χ0v) is 28.2. The van der Waals surface area contributed by atoms with Crippen LogP contribution in [0.5, 0.6) is 0 Å². The number of benzene rings is 2. The summed E-state index contributed by atoms with van der Waals surface area (Å²) < 4.78 is 11.7. The topological polar surface area (TPSA) is 119 Å². The number of esters is 1. The summed E-state index contributed by atoms with van der Waals surface area (Å²) >= 11 is 8.69. The van der Waals surface area contributed by atoms with E-state index in [0.717, 1.165) is 16.7 Å². The van der Waals surface area contributed by atoms with Crippen molar-refractivity contribution in [1.29, 1.82) is 0 Å². The van der Waals surface area contributed by atoms with Gasteiger partial charge in [-0.05, 0) is 56.1 Å². The van der Waals surface area contributed by atoms with Crippen molar-refractivity contribution in [1.82, 2.24) is 15.2 Å². The van der Waals surface area contributed by atoms with Crippen LogP contribution in [0.2, 0.25) is 0 Å². The van der Waals surface area contributed by atoms with E-state index in [1.54, 1.807) is 36.6 Å². The number of nitrogens with one attached hydrogen (secondary N) is 1. The molecule has 0 saturated carbocycles. The molecule has 1 N–H and O–H groups in total. The van der Waals surface area contributed by atoms with Gasteiger partial charge in [0.25, 0.3) is 11.8 Å². The minimum Gasteiger partial charge on any atom is -0.469 e. The van der Waals surface area contributed by atoms with Crippen molar-refractivity contribution >= 4 is 63.9 Å². The highest BCUT2D eigenvalue weighted by Gasteiger charge is 2.54. The number of carbonyl (C=O) groups excluding carboxylic acids is 3. The molecule has 240 valence electrons. The maximum atomic E-state index is 13.7. The summed E-state index contributed by atoms with van der Waals surface area (Å²) in [5, 5.41) is 8.13. The monoisotopic (exact) mass is 678 g/mol. The molecule has 0 radical (unpaired) electrons. The number of aromatic nitrogens is 1. The molecule has 2 aliphatic heterocycles. The number of thiazole rings is 1. The molecule has 3 aromatic rings. The van der Waals surface area contributed by atoms with Crippen LogP contribution >= 0.6 is 35.3 Å². The number of rotatable bonds is 11. The maximum absolute atomic E-state index is 13.7. The number of β-lactam (4-membered cyclic amide) rings is 1. The van der Waals surface area contributed by atoms with Gasteiger partial charge in [-0.2, -0.15) is 0 Å². The molecule has 1 saturated heterocycles. The molecule has 1 unspecified atom stereocenters. The number of amides is 2. The number of nitrogens with zero attached hydrogens (tertiary/aromatic N) is 3. The molecule has 2 atom stereocenters. The Bertz CT molecular complexity index is 1600. The van der Waals surface area contributed by atoms with E-state index in [1.165, 1.54) is 23.1 Å². The van der Waals surface area contributed by atoms with Crippen molar-refractivity contribution < 1.29 is 28.7 Å². The van der Waals surface area contributed by atoms with Gasteiger partial charge in [0.1, 0.15) is 28.8 Å². The maximum Gasteiger partial charge on any atom is 0.347 e. The largest absolute Gasteiger partial charge is 0.469 e. The molecule has 0 aliphatic carbocycles. The molecule has 2 aliphatic rings. The first-order valence-electron chi connectivity index (χ1n) is 14.7. The van der Waals surface area contributed by atoms with Crippen molar-refractivity contribution in [2.45, 2.75) is 57.2 Å². The van der Waals surface area contributed by atoms with E-state index in [2.05, 4.69) is 15.5 Å². The summed E-state index contributed by atoms with van der Waals surface area (Å²) in [5.74, 6) is -0.999. The molecule has 2 amide bonds. The van der Waals surface area contributed by atoms with Gasteiger partial charge in [-0.25, -0.2) is 9.78 Å². The summed E-state index contributed by atoms with van der Waals surface area (Å²) in [7, 11) is 0. The predicted octanol–water partition coefficient (Wildman–Crippen LogP) is 5.40. The second kappa shape index (κ2) is 14.6. The predicted molar refractivity (Wildman–Crippen MR) is 181 cm³/mol. The number of ether oxygens (including phenoxy) is 2. The van der Waals surface area contributed by atoms with Crippen LogP contribution in [0, 0.1) is 0 Å². The SMILES string of the molecule is CCC1=C(C(=S)OC(c2ccccc2)c2ccccc2)N2C(=O)C(NC(=O)C(=NOCC(=O)OC(C)(C)C)c3cscn3)[C@H]2SC1.